The molecule has 0 amide bonds. The summed E-state index contributed by atoms with van der Waals surface area (Å²) in [5.41, 5.74) is 1.78. The van der Waals surface area contributed by atoms with E-state index in [-0.39, 0.29) is 5.78 Å². The molecule has 1 aromatic carbocycles. The van der Waals surface area contributed by atoms with E-state index < -0.39 is 0 Å². The Morgan fingerprint density at radius 2 is 2.06 bits per heavy atom. The number of carbonyl (C=O) groups is 1. The van der Waals surface area contributed by atoms with Crippen molar-refractivity contribution in [2.24, 2.45) is 5.92 Å². The van der Waals surface area contributed by atoms with Crippen LogP contribution < -0.4 is 4.90 Å². The summed E-state index contributed by atoms with van der Waals surface area (Å²) in [6.07, 6.45) is 0. The third-order valence-corrected chi connectivity index (χ3v) is 2.88. The van der Waals surface area contributed by atoms with Crippen molar-refractivity contribution >= 4 is 27.4 Å². The van der Waals surface area contributed by atoms with Crippen molar-refractivity contribution in [2.45, 2.75) is 20.8 Å². The number of anilines is 1. The van der Waals surface area contributed by atoms with Crippen molar-refractivity contribution in [3.63, 3.8) is 0 Å². The average Bonchev–Trinajstić information content (AvgIpc) is 2.15. The summed E-state index contributed by atoms with van der Waals surface area (Å²) in [7, 11) is 2.02. The molecule has 1 aromatic rings. The fourth-order valence-corrected chi connectivity index (χ4v) is 2.11. The van der Waals surface area contributed by atoms with Crippen LogP contribution >= 0.6 is 15.9 Å². The van der Waals surface area contributed by atoms with Crippen LogP contribution in [0, 0.1) is 5.92 Å². The van der Waals surface area contributed by atoms with Gasteiger partial charge in [-0.3, -0.25) is 4.79 Å². The molecule has 0 aliphatic rings. The van der Waals surface area contributed by atoms with Crippen molar-refractivity contribution in [3.8, 4) is 0 Å². The third-order valence-electron chi connectivity index (χ3n) is 2.39. The van der Waals surface area contributed by atoms with E-state index in [0.717, 1.165) is 22.3 Å². The first kappa shape index (κ1) is 13.2. The second-order valence-electron chi connectivity index (χ2n) is 4.49. The minimum absolute atomic E-state index is 0.109. The van der Waals surface area contributed by atoms with E-state index in [1.165, 1.54) is 0 Å². The Bertz CT molecular complexity index is 388. The number of carbonyl (C=O) groups excluding carboxylic acids is 1. The Kier molecular flexibility index (Phi) is 4.54. The highest BCUT2D eigenvalue weighted by Gasteiger charge is 2.12. The van der Waals surface area contributed by atoms with Crippen LogP contribution in [0.2, 0.25) is 0 Å². The van der Waals surface area contributed by atoms with Gasteiger partial charge in [0.25, 0.3) is 0 Å². The highest BCUT2D eigenvalue weighted by Crippen LogP contribution is 2.25. The van der Waals surface area contributed by atoms with Gasteiger partial charge in [0.05, 0.1) is 0 Å². The minimum Gasteiger partial charge on any atom is -0.374 e. The molecule has 3 heteroatoms. The monoisotopic (exact) mass is 283 g/mol. The number of benzene rings is 1. The standard InChI is InChI=1S/C13H18BrNO/c1-9(2)8-15(4)13-7-11(14)5-6-12(13)10(3)16/h5-7,9H,8H2,1-4H3. The Morgan fingerprint density at radius 1 is 1.44 bits per heavy atom. The molecule has 0 heterocycles. The number of hydrogen-bond donors (Lipinski definition) is 0. The van der Waals surface area contributed by atoms with E-state index in [0.29, 0.717) is 5.92 Å². The number of hydrogen-bond acceptors (Lipinski definition) is 2. The lowest BCUT2D eigenvalue weighted by Gasteiger charge is -2.23. The highest BCUT2D eigenvalue weighted by molar-refractivity contribution is 9.10. The molecule has 2 nitrogen and oxygen atoms in total. The van der Waals surface area contributed by atoms with Gasteiger partial charge < -0.3 is 4.90 Å². The zero-order valence-electron chi connectivity index (χ0n) is 10.2. The summed E-state index contributed by atoms with van der Waals surface area (Å²) in [6.45, 7) is 6.89. The maximum Gasteiger partial charge on any atom is 0.161 e. The van der Waals surface area contributed by atoms with Crippen LogP contribution in [0.15, 0.2) is 22.7 Å². The Morgan fingerprint density at radius 3 is 2.56 bits per heavy atom. The van der Waals surface area contributed by atoms with Crippen LogP contribution in [0.3, 0.4) is 0 Å². The van der Waals surface area contributed by atoms with Gasteiger partial charge in [0.15, 0.2) is 5.78 Å². The SMILES string of the molecule is CC(=O)c1ccc(Br)cc1N(C)CC(C)C. The molecular formula is C13H18BrNO. The van der Waals surface area contributed by atoms with Crippen LogP contribution in [0.25, 0.3) is 0 Å². The first-order chi connectivity index (χ1) is 7.41. The van der Waals surface area contributed by atoms with E-state index in [1.807, 2.05) is 25.2 Å². The van der Waals surface area contributed by atoms with Gasteiger partial charge in [0, 0.05) is 29.3 Å². The van der Waals surface area contributed by atoms with Crippen LogP contribution in [-0.2, 0) is 0 Å². The number of rotatable bonds is 4. The minimum atomic E-state index is 0.109. The average molecular weight is 284 g/mol. The van der Waals surface area contributed by atoms with Gasteiger partial charge in [0.2, 0.25) is 0 Å². The predicted octanol–water partition coefficient (Wildman–Crippen LogP) is 3.74. The van der Waals surface area contributed by atoms with Gasteiger partial charge in [-0.05, 0) is 31.0 Å². The summed E-state index contributed by atoms with van der Waals surface area (Å²) in [5.74, 6) is 0.682. The molecule has 0 radical (unpaired) electrons. The first-order valence-electron chi connectivity index (χ1n) is 5.43. The van der Waals surface area contributed by atoms with Crippen LogP contribution in [-0.4, -0.2) is 19.4 Å². The molecule has 0 unspecified atom stereocenters. The maximum atomic E-state index is 11.5. The van der Waals surface area contributed by atoms with Crippen molar-refractivity contribution in [1.82, 2.24) is 0 Å². The van der Waals surface area contributed by atoms with E-state index in [4.69, 9.17) is 0 Å². The van der Waals surface area contributed by atoms with Gasteiger partial charge >= 0.3 is 0 Å². The van der Waals surface area contributed by atoms with Gasteiger partial charge in [-0.25, -0.2) is 0 Å². The van der Waals surface area contributed by atoms with Crippen LogP contribution in [0.4, 0.5) is 5.69 Å². The Balaban J connectivity index is 3.09. The van der Waals surface area contributed by atoms with Gasteiger partial charge in [-0.1, -0.05) is 29.8 Å². The van der Waals surface area contributed by atoms with Crippen molar-refractivity contribution < 1.29 is 4.79 Å². The normalized spacial score (nSPS) is 10.6. The predicted molar refractivity (Wildman–Crippen MR) is 72.3 cm³/mol. The van der Waals surface area contributed by atoms with E-state index in [1.54, 1.807) is 6.92 Å². The van der Waals surface area contributed by atoms with E-state index in [2.05, 4.69) is 34.7 Å². The number of halogens is 1. The van der Waals surface area contributed by atoms with Gasteiger partial charge in [0.1, 0.15) is 0 Å². The van der Waals surface area contributed by atoms with Crippen molar-refractivity contribution in [3.05, 3.63) is 28.2 Å². The lowest BCUT2D eigenvalue weighted by molar-refractivity contribution is 0.101. The molecule has 1 rings (SSSR count). The second kappa shape index (κ2) is 5.48. The summed E-state index contributed by atoms with van der Waals surface area (Å²) < 4.78 is 1.00. The lowest BCUT2D eigenvalue weighted by atomic mass is 10.1. The summed E-state index contributed by atoms with van der Waals surface area (Å²) in [5, 5.41) is 0. The molecule has 16 heavy (non-hydrogen) atoms. The van der Waals surface area contributed by atoms with Crippen LogP contribution in [0.1, 0.15) is 31.1 Å². The van der Waals surface area contributed by atoms with Crippen molar-refractivity contribution in [2.75, 3.05) is 18.5 Å². The molecule has 0 spiro atoms. The molecule has 0 atom stereocenters. The topological polar surface area (TPSA) is 20.3 Å². The highest BCUT2D eigenvalue weighted by atomic mass is 79.9. The van der Waals surface area contributed by atoms with Gasteiger partial charge in [-0.15, -0.1) is 0 Å². The molecule has 0 aliphatic carbocycles. The first-order valence-corrected chi connectivity index (χ1v) is 6.22. The third kappa shape index (κ3) is 3.34. The van der Waals surface area contributed by atoms with Crippen molar-refractivity contribution in [1.29, 1.82) is 0 Å². The summed E-state index contributed by atoms with van der Waals surface area (Å²) in [6, 6.07) is 5.78. The molecule has 0 saturated heterocycles. The zero-order valence-corrected chi connectivity index (χ0v) is 11.8. The number of ketones is 1. The lowest BCUT2D eigenvalue weighted by Crippen LogP contribution is -2.24. The molecule has 0 saturated carbocycles. The fourth-order valence-electron chi connectivity index (χ4n) is 1.76. The fraction of sp³-hybridized carbons (Fsp3) is 0.462. The number of nitrogens with zero attached hydrogens (tertiary/aromatic N) is 1. The Hall–Kier alpha value is -0.830. The van der Waals surface area contributed by atoms with E-state index in [9.17, 15) is 4.79 Å². The molecule has 0 N–H and O–H groups in total. The summed E-state index contributed by atoms with van der Waals surface area (Å²) in [4.78, 5) is 13.7. The molecule has 0 fully saturated rings. The molecular weight excluding hydrogens is 266 g/mol. The molecule has 88 valence electrons. The largest absolute Gasteiger partial charge is 0.374 e. The summed E-state index contributed by atoms with van der Waals surface area (Å²) >= 11 is 3.44. The maximum absolute atomic E-state index is 11.5. The van der Waals surface area contributed by atoms with E-state index >= 15 is 0 Å². The zero-order chi connectivity index (χ0) is 12.3. The quantitative estimate of drug-likeness (QED) is 0.785. The van der Waals surface area contributed by atoms with Gasteiger partial charge in [-0.2, -0.15) is 0 Å². The smallest absolute Gasteiger partial charge is 0.161 e. The molecule has 0 aromatic heterocycles. The number of Topliss-reactive ketones (excluding diaryl/α,β-unsaturated/α-hetero) is 1. The second-order valence-corrected chi connectivity index (χ2v) is 5.41. The molecule has 0 aliphatic heterocycles. The Labute approximate surface area is 106 Å². The van der Waals surface area contributed by atoms with Crippen LogP contribution in [0.5, 0.6) is 0 Å². The molecule has 0 bridgehead atoms.